The van der Waals surface area contributed by atoms with Crippen LogP contribution in [0, 0.1) is 5.82 Å². The summed E-state index contributed by atoms with van der Waals surface area (Å²) in [6.07, 6.45) is 1.92. The lowest BCUT2D eigenvalue weighted by atomic mass is 10.3. The monoisotopic (exact) mass is 407 g/mol. The lowest BCUT2D eigenvalue weighted by Crippen LogP contribution is -2.22. The number of nitrogens with zero attached hydrogens (tertiary/aromatic N) is 2. The Kier molecular flexibility index (Phi) is 6.03. The van der Waals surface area contributed by atoms with Gasteiger partial charge in [0, 0.05) is 4.47 Å². The predicted molar refractivity (Wildman–Crippen MR) is 89.7 cm³/mol. The number of halogens is 2. The van der Waals surface area contributed by atoms with Crippen LogP contribution in [-0.4, -0.2) is 27.6 Å². The lowest BCUT2D eigenvalue weighted by Gasteiger charge is -2.11. The number of aromatic nitrogens is 2. The van der Waals surface area contributed by atoms with Crippen LogP contribution >= 0.6 is 50.8 Å². The smallest absolute Gasteiger partial charge is 0.237 e. The summed E-state index contributed by atoms with van der Waals surface area (Å²) in [4.78, 5) is 12.1. The van der Waals surface area contributed by atoms with E-state index in [9.17, 15) is 9.18 Å². The molecule has 0 fully saturated rings. The molecule has 2 rings (SSSR count). The molecule has 0 spiro atoms. The van der Waals surface area contributed by atoms with Crippen molar-refractivity contribution in [3.63, 3.8) is 0 Å². The summed E-state index contributed by atoms with van der Waals surface area (Å²) >= 11 is 7.42. The average molecular weight is 408 g/mol. The molecule has 0 bridgehead atoms. The van der Waals surface area contributed by atoms with Gasteiger partial charge in [-0.15, -0.1) is 10.2 Å². The van der Waals surface area contributed by atoms with Crippen LogP contribution in [-0.2, 0) is 4.79 Å². The molecule has 1 atom stereocenters. The molecule has 4 nitrogen and oxygen atoms in total. The molecule has 112 valence electrons. The number of benzene rings is 1. The first-order valence-corrected chi connectivity index (χ1v) is 9.51. The maximum atomic E-state index is 13.7. The first-order valence-electron chi connectivity index (χ1n) is 5.79. The molecule has 2 aromatic rings. The molecular formula is C12H11BrFN3OS3. The molecule has 0 saturated heterocycles. The van der Waals surface area contributed by atoms with Crippen molar-refractivity contribution in [1.29, 1.82) is 0 Å². The predicted octanol–water partition coefficient (Wildman–Crippen LogP) is 4.28. The first kappa shape index (κ1) is 16.7. The van der Waals surface area contributed by atoms with Crippen molar-refractivity contribution >= 4 is 62.4 Å². The summed E-state index contributed by atoms with van der Waals surface area (Å²) in [5, 5.41) is 10.1. The van der Waals surface area contributed by atoms with E-state index in [0.717, 1.165) is 8.68 Å². The fourth-order valence-electron chi connectivity index (χ4n) is 1.36. The zero-order valence-electron chi connectivity index (χ0n) is 11.1. The number of thioether (sulfide) groups is 2. The van der Waals surface area contributed by atoms with Gasteiger partial charge in [0.15, 0.2) is 8.68 Å². The highest BCUT2D eigenvalue weighted by Gasteiger charge is 2.18. The normalized spacial score (nSPS) is 12.2. The number of amides is 1. The zero-order valence-corrected chi connectivity index (χ0v) is 15.1. The third kappa shape index (κ3) is 4.67. The van der Waals surface area contributed by atoms with Crippen molar-refractivity contribution in [2.75, 3.05) is 11.6 Å². The number of hydrogen-bond acceptors (Lipinski definition) is 6. The second-order valence-electron chi connectivity index (χ2n) is 3.91. The molecule has 0 saturated carbocycles. The molecule has 21 heavy (non-hydrogen) atoms. The molecule has 1 heterocycles. The van der Waals surface area contributed by atoms with Gasteiger partial charge >= 0.3 is 0 Å². The van der Waals surface area contributed by atoms with Crippen LogP contribution < -0.4 is 5.32 Å². The second-order valence-corrected chi connectivity index (χ2v) is 8.45. The molecule has 0 radical (unpaired) electrons. The maximum absolute atomic E-state index is 13.7. The number of nitrogens with one attached hydrogen (secondary N) is 1. The fourth-order valence-corrected chi connectivity index (χ4v) is 4.27. The van der Waals surface area contributed by atoms with Crippen LogP contribution in [0.2, 0.25) is 0 Å². The second kappa shape index (κ2) is 7.57. The Balaban J connectivity index is 1.99. The number of carbonyl (C=O) groups excluding carboxylic acids is 1. The van der Waals surface area contributed by atoms with Gasteiger partial charge < -0.3 is 5.32 Å². The van der Waals surface area contributed by atoms with E-state index < -0.39 is 11.1 Å². The summed E-state index contributed by atoms with van der Waals surface area (Å²) in [5.41, 5.74) is 0.165. The first-order chi connectivity index (χ1) is 9.99. The van der Waals surface area contributed by atoms with Crippen molar-refractivity contribution in [3.8, 4) is 0 Å². The highest BCUT2D eigenvalue weighted by Crippen LogP contribution is 2.30. The molecule has 1 aromatic heterocycles. The maximum Gasteiger partial charge on any atom is 0.237 e. The molecule has 1 unspecified atom stereocenters. The van der Waals surface area contributed by atoms with Gasteiger partial charge in [0.25, 0.3) is 0 Å². The van der Waals surface area contributed by atoms with E-state index in [1.807, 2.05) is 6.26 Å². The summed E-state index contributed by atoms with van der Waals surface area (Å²) in [6.45, 7) is 1.75. The van der Waals surface area contributed by atoms with Crippen LogP contribution in [0.4, 0.5) is 10.1 Å². The van der Waals surface area contributed by atoms with E-state index in [1.165, 1.54) is 47.0 Å². The SMILES string of the molecule is CSc1nnc(SC(C)C(=O)Nc2ccc(Br)cc2F)s1. The summed E-state index contributed by atoms with van der Waals surface area (Å²) in [6, 6.07) is 4.50. The van der Waals surface area contributed by atoms with E-state index >= 15 is 0 Å². The summed E-state index contributed by atoms with van der Waals surface area (Å²) in [7, 11) is 0. The zero-order chi connectivity index (χ0) is 15.4. The third-order valence-electron chi connectivity index (χ3n) is 2.40. The molecule has 9 heteroatoms. The van der Waals surface area contributed by atoms with Gasteiger partial charge in [0.05, 0.1) is 10.9 Å². The molecule has 1 aromatic carbocycles. The van der Waals surface area contributed by atoms with Gasteiger partial charge in [-0.2, -0.15) is 0 Å². The van der Waals surface area contributed by atoms with Crippen LogP contribution in [0.1, 0.15) is 6.92 Å². The van der Waals surface area contributed by atoms with Gasteiger partial charge in [-0.25, -0.2) is 4.39 Å². The minimum Gasteiger partial charge on any atom is -0.323 e. The number of hydrogen-bond donors (Lipinski definition) is 1. The van der Waals surface area contributed by atoms with Gasteiger partial charge in [0.1, 0.15) is 5.82 Å². The third-order valence-corrected chi connectivity index (χ3v) is 5.97. The van der Waals surface area contributed by atoms with Crippen LogP contribution in [0.25, 0.3) is 0 Å². The van der Waals surface area contributed by atoms with Crippen molar-refractivity contribution in [3.05, 3.63) is 28.5 Å². The minimum atomic E-state index is -0.476. The fraction of sp³-hybridized carbons (Fsp3) is 0.250. The van der Waals surface area contributed by atoms with Crippen molar-refractivity contribution in [2.45, 2.75) is 20.9 Å². The van der Waals surface area contributed by atoms with E-state index in [0.29, 0.717) is 4.47 Å². The van der Waals surface area contributed by atoms with E-state index in [2.05, 4.69) is 31.4 Å². The standard InChI is InChI=1S/C12H11BrFN3OS3/c1-6(20-12-17-16-11(19-2)21-12)10(18)15-9-4-3-7(13)5-8(9)14/h3-6H,1-2H3,(H,15,18). The van der Waals surface area contributed by atoms with Gasteiger partial charge in [0.2, 0.25) is 5.91 Å². The summed E-state index contributed by atoms with van der Waals surface area (Å²) in [5.74, 6) is -0.752. The largest absolute Gasteiger partial charge is 0.323 e. The molecule has 0 aliphatic heterocycles. The highest BCUT2D eigenvalue weighted by molar-refractivity contribution is 9.10. The van der Waals surface area contributed by atoms with Gasteiger partial charge in [-0.3, -0.25) is 4.79 Å². The Labute approximate surface area is 142 Å². The van der Waals surface area contributed by atoms with Crippen molar-refractivity contribution < 1.29 is 9.18 Å². The Hall–Kier alpha value is -0.640. The Morgan fingerprint density at radius 2 is 2.14 bits per heavy atom. The molecule has 1 amide bonds. The topological polar surface area (TPSA) is 54.9 Å². The molecule has 0 aliphatic carbocycles. The number of carbonyl (C=O) groups is 1. The van der Waals surface area contributed by atoms with Gasteiger partial charge in [-0.05, 0) is 31.4 Å². The van der Waals surface area contributed by atoms with Crippen LogP contribution in [0.5, 0.6) is 0 Å². The van der Waals surface area contributed by atoms with Gasteiger partial charge in [-0.1, -0.05) is 50.8 Å². The number of anilines is 1. The Morgan fingerprint density at radius 1 is 1.43 bits per heavy atom. The summed E-state index contributed by atoms with van der Waals surface area (Å²) < 4.78 is 15.9. The Morgan fingerprint density at radius 3 is 2.76 bits per heavy atom. The van der Waals surface area contributed by atoms with E-state index in [-0.39, 0.29) is 11.6 Å². The van der Waals surface area contributed by atoms with E-state index in [4.69, 9.17) is 0 Å². The van der Waals surface area contributed by atoms with E-state index in [1.54, 1.807) is 13.0 Å². The molecule has 0 aliphatic rings. The van der Waals surface area contributed by atoms with Crippen molar-refractivity contribution in [1.82, 2.24) is 10.2 Å². The Bertz CT molecular complexity index is 652. The highest BCUT2D eigenvalue weighted by atomic mass is 79.9. The van der Waals surface area contributed by atoms with Crippen LogP contribution in [0.15, 0.2) is 31.4 Å². The molecule has 1 N–H and O–H groups in total. The van der Waals surface area contributed by atoms with Crippen molar-refractivity contribution in [2.24, 2.45) is 0 Å². The number of rotatable bonds is 5. The minimum absolute atomic E-state index is 0.165. The quantitative estimate of drug-likeness (QED) is 0.749. The average Bonchev–Trinajstić information content (AvgIpc) is 2.89. The molecular weight excluding hydrogens is 397 g/mol. The van der Waals surface area contributed by atoms with Crippen LogP contribution in [0.3, 0.4) is 0 Å². The lowest BCUT2D eigenvalue weighted by molar-refractivity contribution is -0.115.